The first-order valence-electron chi connectivity index (χ1n) is 9.50. The topological polar surface area (TPSA) is 80.3 Å². The highest BCUT2D eigenvalue weighted by molar-refractivity contribution is 5.79. The minimum Gasteiger partial charge on any atom is -0.359 e. The molecule has 0 spiro atoms. The SMILES string of the molecule is CN=C(NCc1cc(C(C)C)no1)NCc1c(C)nn(-c2ccccc2)c1C. The third-order valence-electron chi connectivity index (χ3n) is 4.70. The molecular formula is C21H28N6O. The summed E-state index contributed by atoms with van der Waals surface area (Å²) in [5.74, 6) is 1.84. The van der Waals surface area contributed by atoms with Gasteiger partial charge in [0.05, 0.1) is 23.6 Å². The number of hydrogen-bond donors (Lipinski definition) is 2. The minimum atomic E-state index is 0.349. The van der Waals surface area contributed by atoms with Crippen LogP contribution in [0, 0.1) is 13.8 Å². The van der Waals surface area contributed by atoms with Gasteiger partial charge in [-0.15, -0.1) is 0 Å². The maximum absolute atomic E-state index is 5.37. The molecule has 0 atom stereocenters. The van der Waals surface area contributed by atoms with Gasteiger partial charge in [0.15, 0.2) is 11.7 Å². The van der Waals surface area contributed by atoms with Crippen molar-refractivity contribution in [1.29, 1.82) is 0 Å². The second-order valence-corrected chi connectivity index (χ2v) is 7.05. The van der Waals surface area contributed by atoms with Crippen LogP contribution in [0.3, 0.4) is 0 Å². The number of aromatic nitrogens is 3. The van der Waals surface area contributed by atoms with Gasteiger partial charge in [-0.3, -0.25) is 4.99 Å². The van der Waals surface area contributed by atoms with Crippen molar-refractivity contribution >= 4 is 5.96 Å². The molecule has 0 saturated carbocycles. The molecule has 0 aliphatic carbocycles. The summed E-state index contributed by atoms with van der Waals surface area (Å²) < 4.78 is 7.34. The number of aliphatic imine (C=N–C) groups is 1. The standard InChI is InChI=1S/C21H28N6O/c1-14(2)20-11-18(28-26-20)12-23-21(22-5)24-13-19-15(3)25-27(16(19)4)17-9-7-6-8-10-17/h6-11,14H,12-13H2,1-5H3,(H2,22,23,24). The van der Waals surface area contributed by atoms with Gasteiger partial charge in [-0.25, -0.2) is 4.68 Å². The van der Waals surface area contributed by atoms with Gasteiger partial charge in [0.2, 0.25) is 0 Å². The first-order chi connectivity index (χ1) is 13.5. The van der Waals surface area contributed by atoms with Crippen LogP contribution in [0.5, 0.6) is 0 Å². The number of rotatable bonds is 6. The molecule has 2 aromatic heterocycles. The van der Waals surface area contributed by atoms with E-state index in [0.29, 0.717) is 25.0 Å². The predicted molar refractivity (Wildman–Crippen MR) is 111 cm³/mol. The normalized spacial score (nSPS) is 11.9. The van der Waals surface area contributed by atoms with Crippen molar-refractivity contribution in [3.8, 4) is 5.69 Å². The molecule has 0 amide bonds. The van der Waals surface area contributed by atoms with E-state index in [0.717, 1.165) is 34.1 Å². The Labute approximate surface area is 165 Å². The molecule has 7 heteroatoms. The lowest BCUT2D eigenvalue weighted by molar-refractivity contribution is 0.372. The van der Waals surface area contributed by atoms with Gasteiger partial charge in [0.1, 0.15) is 0 Å². The van der Waals surface area contributed by atoms with Crippen molar-refractivity contribution < 1.29 is 4.52 Å². The lowest BCUT2D eigenvalue weighted by atomic mass is 10.1. The summed E-state index contributed by atoms with van der Waals surface area (Å²) in [7, 11) is 1.75. The molecule has 2 N–H and O–H groups in total. The summed E-state index contributed by atoms with van der Waals surface area (Å²) in [6, 6.07) is 12.1. The zero-order valence-corrected chi connectivity index (χ0v) is 17.2. The Balaban J connectivity index is 1.63. The van der Waals surface area contributed by atoms with Gasteiger partial charge in [0, 0.05) is 30.9 Å². The van der Waals surface area contributed by atoms with Crippen LogP contribution in [0.25, 0.3) is 5.69 Å². The Hall–Kier alpha value is -3.09. The second-order valence-electron chi connectivity index (χ2n) is 7.05. The smallest absolute Gasteiger partial charge is 0.191 e. The molecule has 28 heavy (non-hydrogen) atoms. The Bertz CT molecular complexity index is 939. The van der Waals surface area contributed by atoms with Gasteiger partial charge in [-0.1, -0.05) is 37.2 Å². The van der Waals surface area contributed by atoms with Gasteiger partial charge in [-0.2, -0.15) is 5.10 Å². The molecular weight excluding hydrogens is 352 g/mol. The summed E-state index contributed by atoms with van der Waals surface area (Å²) in [4.78, 5) is 4.29. The number of benzene rings is 1. The van der Waals surface area contributed by atoms with Crippen molar-refractivity contribution in [3.63, 3.8) is 0 Å². The number of hydrogen-bond acceptors (Lipinski definition) is 4. The molecule has 0 unspecified atom stereocenters. The molecule has 3 rings (SSSR count). The lowest BCUT2D eigenvalue weighted by Gasteiger charge is -2.11. The van der Waals surface area contributed by atoms with E-state index in [9.17, 15) is 0 Å². The summed E-state index contributed by atoms with van der Waals surface area (Å²) in [5.41, 5.74) is 5.29. The molecule has 2 heterocycles. The first-order valence-corrected chi connectivity index (χ1v) is 9.50. The van der Waals surface area contributed by atoms with Crippen LogP contribution >= 0.6 is 0 Å². The Morgan fingerprint density at radius 2 is 1.86 bits per heavy atom. The number of aryl methyl sites for hydroxylation is 1. The van der Waals surface area contributed by atoms with E-state index in [1.165, 1.54) is 0 Å². The van der Waals surface area contributed by atoms with Gasteiger partial charge in [-0.05, 0) is 31.9 Å². The Morgan fingerprint density at radius 1 is 1.14 bits per heavy atom. The predicted octanol–water partition coefficient (Wildman–Crippen LogP) is 3.47. The molecule has 3 aromatic rings. The maximum atomic E-state index is 5.37. The largest absolute Gasteiger partial charge is 0.359 e. The quantitative estimate of drug-likeness (QED) is 0.506. The molecule has 0 aliphatic heterocycles. The molecule has 0 bridgehead atoms. The van der Waals surface area contributed by atoms with Gasteiger partial charge < -0.3 is 15.2 Å². The van der Waals surface area contributed by atoms with Crippen LogP contribution in [0.15, 0.2) is 45.9 Å². The molecule has 0 fully saturated rings. The number of nitrogens with zero attached hydrogens (tertiary/aromatic N) is 4. The second kappa shape index (κ2) is 8.73. The number of guanidine groups is 1. The fourth-order valence-electron chi connectivity index (χ4n) is 3.00. The van der Waals surface area contributed by atoms with Crippen molar-refractivity contribution in [2.45, 2.75) is 46.7 Å². The van der Waals surface area contributed by atoms with E-state index in [1.54, 1.807) is 7.05 Å². The lowest BCUT2D eigenvalue weighted by Crippen LogP contribution is -2.36. The zero-order valence-electron chi connectivity index (χ0n) is 17.2. The maximum Gasteiger partial charge on any atom is 0.191 e. The zero-order chi connectivity index (χ0) is 20.1. The molecule has 148 valence electrons. The molecule has 0 radical (unpaired) electrons. The number of nitrogens with one attached hydrogen (secondary N) is 2. The first kappa shape index (κ1) is 19.7. The van der Waals surface area contributed by atoms with Crippen LogP contribution in [0.4, 0.5) is 0 Å². The van der Waals surface area contributed by atoms with Gasteiger partial charge >= 0.3 is 0 Å². The molecule has 7 nitrogen and oxygen atoms in total. The molecule has 0 saturated heterocycles. The average molecular weight is 380 g/mol. The number of para-hydroxylation sites is 1. The van der Waals surface area contributed by atoms with Crippen LogP contribution in [0.2, 0.25) is 0 Å². The van der Waals surface area contributed by atoms with E-state index in [2.05, 4.69) is 53.7 Å². The molecule has 0 aliphatic rings. The van der Waals surface area contributed by atoms with E-state index in [1.807, 2.05) is 35.9 Å². The van der Waals surface area contributed by atoms with E-state index in [4.69, 9.17) is 9.62 Å². The van der Waals surface area contributed by atoms with Crippen molar-refractivity contribution in [1.82, 2.24) is 25.6 Å². The summed E-state index contributed by atoms with van der Waals surface area (Å²) >= 11 is 0. The van der Waals surface area contributed by atoms with Crippen LogP contribution in [-0.4, -0.2) is 27.9 Å². The Kier molecular flexibility index (Phi) is 6.13. The summed E-state index contributed by atoms with van der Waals surface area (Å²) in [6.45, 7) is 9.47. The van der Waals surface area contributed by atoms with Gasteiger partial charge in [0.25, 0.3) is 0 Å². The highest BCUT2D eigenvalue weighted by Gasteiger charge is 2.13. The third-order valence-corrected chi connectivity index (χ3v) is 4.70. The van der Waals surface area contributed by atoms with Crippen molar-refractivity contribution in [2.75, 3.05) is 7.05 Å². The summed E-state index contributed by atoms with van der Waals surface area (Å²) in [5, 5.41) is 15.4. The Morgan fingerprint density at radius 3 is 2.50 bits per heavy atom. The van der Waals surface area contributed by atoms with Crippen LogP contribution in [0.1, 0.15) is 48.2 Å². The average Bonchev–Trinajstić information content (AvgIpc) is 3.28. The van der Waals surface area contributed by atoms with Crippen LogP contribution in [-0.2, 0) is 13.1 Å². The summed E-state index contributed by atoms with van der Waals surface area (Å²) in [6.07, 6.45) is 0. The molecule has 1 aromatic carbocycles. The minimum absolute atomic E-state index is 0.349. The van der Waals surface area contributed by atoms with Crippen LogP contribution < -0.4 is 10.6 Å². The third kappa shape index (κ3) is 4.42. The monoisotopic (exact) mass is 380 g/mol. The van der Waals surface area contributed by atoms with E-state index in [-0.39, 0.29) is 0 Å². The highest BCUT2D eigenvalue weighted by Crippen LogP contribution is 2.17. The fraction of sp³-hybridized carbons (Fsp3) is 0.381. The van der Waals surface area contributed by atoms with E-state index < -0.39 is 0 Å². The highest BCUT2D eigenvalue weighted by atomic mass is 16.5. The van der Waals surface area contributed by atoms with Crippen molar-refractivity contribution in [2.24, 2.45) is 4.99 Å². The van der Waals surface area contributed by atoms with E-state index >= 15 is 0 Å². The van der Waals surface area contributed by atoms with Crippen molar-refractivity contribution in [3.05, 3.63) is 64.8 Å². The fourth-order valence-corrected chi connectivity index (χ4v) is 3.00.